The molecule has 0 bridgehead atoms. The molecule has 4 aliphatic rings. The lowest BCUT2D eigenvalue weighted by Gasteiger charge is -2.37. The van der Waals surface area contributed by atoms with Crippen molar-refractivity contribution in [3.8, 4) is 0 Å². The fourth-order valence-electron chi connectivity index (χ4n) is 8.50. The maximum atomic E-state index is 3.87. The summed E-state index contributed by atoms with van der Waals surface area (Å²) in [6, 6.07) is 2.96. The van der Waals surface area contributed by atoms with Crippen LogP contribution in [0.25, 0.3) is 0 Å². The highest BCUT2D eigenvalue weighted by Gasteiger charge is 2.29. The van der Waals surface area contributed by atoms with Gasteiger partial charge in [0, 0.05) is 37.5 Å². The predicted octanol–water partition coefficient (Wildman–Crippen LogP) is 7.83. The van der Waals surface area contributed by atoms with E-state index in [1.165, 1.54) is 103 Å². The van der Waals surface area contributed by atoms with Gasteiger partial charge in [-0.2, -0.15) is 0 Å². The molecule has 0 aliphatic heterocycles. The monoisotopic (exact) mass is 533 g/mol. The molecule has 0 radical (unpaired) electrons. The van der Waals surface area contributed by atoms with Crippen molar-refractivity contribution in [2.45, 2.75) is 168 Å². The first kappa shape index (κ1) is 32.4. The molecule has 4 nitrogen and oxygen atoms in total. The Morgan fingerprint density at radius 2 is 0.947 bits per heavy atom. The zero-order valence-corrected chi connectivity index (χ0v) is 26.5. The third-order valence-corrected chi connectivity index (χ3v) is 11.2. The van der Waals surface area contributed by atoms with E-state index in [0.717, 1.165) is 73.0 Å². The Hall–Kier alpha value is -0.160. The van der Waals surface area contributed by atoms with Crippen LogP contribution < -0.4 is 21.3 Å². The summed E-state index contributed by atoms with van der Waals surface area (Å²) < 4.78 is 0. The lowest BCUT2D eigenvalue weighted by Crippen LogP contribution is -2.47. The Kier molecular flexibility index (Phi) is 15.0. The molecule has 0 saturated heterocycles. The van der Waals surface area contributed by atoms with Crippen LogP contribution >= 0.6 is 0 Å². The highest BCUT2D eigenvalue weighted by Crippen LogP contribution is 2.36. The molecular weight excluding hydrogens is 464 g/mol. The van der Waals surface area contributed by atoms with Crippen LogP contribution in [0.1, 0.15) is 144 Å². The lowest BCUT2D eigenvalue weighted by atomic mass is 9.75. The van der Waals surface area contributed by atoms with E-state index in [1.54, 1.807) is 0 Å². The molecule has 0 heterocycles. The average Bonchev–Trinajstić information content (AvgIpc) is 2.94. The van der Waals surface area contributed by atoms with Gasteiger partial charge in [0.15, 0.2) is 0 Å². The number of nitrogens with one attached hydrogen (secondary N) is 4. The number of rotatable bonds is 11. The van der Waals surface area contributed by atoms with E-state index in [0.29, 0.717) is 0 Å². The molecule has 4 aliphatic carbocycles. The minimum Gasteiger partial charge on any atom is -0.302 e. The Morgan fingerprint density at radius 1 is 0.500 bits per heavy atom. The Bertz CT molecular complexity index is 595. The third-order valence-electron chi connectivity index (χ3n) is 11.2. The largest absolute Gasteiger partial charge is 0.302 e. The summed E-state index contributed by atoms with van der Waals surface area (Å²) in [5.74, 6) is 5.56. The van der Waals surface area contributed by atoms with Crippen molar-refractivity contribution >= 4 is 0 Å². The van der Waals surface area contributed by atoms with Gasteiger partial charge in [-0.1, -0.05) is 48.0 Å². The number of hydrogen-bond donors (Lipinski definition) is 4. The first-order valence-corrected chi connectivity index (χ1v) is 17.4. The molecule has 6 atom stereocenters. The molecule has 0 aromatic rings. The molecular formula is C34H68N4. The van der Waals surface area contributed by atoms with Crippen molar-refractivity contribution in [1.29, 1.82) is 0 Å². The molecule has 4 saturated carbocycles. The second-order valence-corrected chi connectivity index (χ2v) is 14.0. The highest BCUT2D eigenvalue weighted by atomic mass is 15.1. The molecule has 224 valence electrons. The second-order valence-electron chi connectivity index (χ2n) is 14.0. The summed E-state index contributed by atoms with van der Waals surface area (Å²) in [7, 11) is 0. The summed E-state index contributed by atoms with van der Waals surface area (Å²) in [5.41, 5.74) is 0. The Balaban J connectivity index is 0.00000195. The van der Waals surface area contributed by atoms with Crippen molar-refractivity contribution in [1.82, 2.24) is 21.3 Å². The summed E-state index contributed by atoms with van der Waals surface area (Å²) in [6.45, 7) is 15.7. The maximum absolute atomic E-state index is 3.87. The fraction of sp³-hybridized carbons (Fsp3) is 1.00. The van der Waals surface area contributed by atoms with E-state index >= 15 is 0 Å². The van der Waals surface area contributed by atoms with Crippen LogP contribution in [0.5, 0.6) is 0 Å². The van der Waals surface area contributed by atoms with Gasteiger partial charge in [-0.15, -0.1) is 0 Å². The van der Waals surface area contributed by atoms with Gasteiger partial charge in [0.2, 0.25) is 0 Å². The van der Waals surface area contributed by atoms with E-state index in [9.17, 15) is 0 Å². The first-order valence-electron chi connectivity index (χ1n) is 17.4. The fourth-order valence-corrected chi connectivity index (χ4v) is 8.50. The van der Waals surface area contributed by atoms with E-state index in [1.807, 2.05) is 13.8 Å². The van der Waals surface area contributed by atoms with E-state index in [4.69, 9.17) is 0 Å². The average molecular weight is 533 g/mol. The molecule has 0 amide bonds. The van der Waals surface area contributed by atoms with Crippen molar-refractivity contribution in [3.63, 3.8) is 0 Å². The van der Waals surface area contributed by atoms with Crippen LogP contribution in [0, 0.1) is 35.5 Å². The molecule has 6 unspecified atom stereocenters. The van der Waals surface area contributed by atoms with Gasteiger partial charge in [0.25, 0.3) is 0 Å². The standard InChI is InChI=1S/C32H62N4.C2H6/c1-5-26-11-17-32(25(4)19-26)36-22-34-30-14-9-28(10-15-30)20-27-7-12-29(13-8-27)33-21-35-31-16-6-23(2)18-24(31)3;1-2/h23-36H,5-22H2,1-4H3;1-2H3. The van der Waals surface area contributed by atoms with Crippen LogP contribution in [0.3, 0.4) is 0 Å². The van der Waals surface area contributed by atoms with Crippen molar-refractivity contribution in [3.05, 3.63) is 0 Å². The zero-order chi connectivity index (χ0) is 27.3. The van der Waals surface area contributed by atoms with Crippen LogP contribution in [0.2, 0.25) is 0 Å². The summed E-state index contributed by atoms with van der Waals surface area (Å²) in [5, 5.41) is 15.4. The highest BCUT2D eigenvalue weighted by molar-refractivity contribution is 4.85. The Morgan fingerprint density at radius 3 is 1.39 bits per heavy atom. The van der Waals surface area contributed by atoms with Gasteiger partial charge in [-0.05, 0) is 132 Å². The van der Waals surface area contributed by atoms with Gasteiger partial charge in [0.05, 0.1) is 0 Å². The van der Waals surface area contributed by atoms with Crippen LogP contribution in [-0.2, 0) is 0 Å². The zero-order valence-electron chi connectivity index (χ0n) is 26.5. The first-order chi connectivity index (χ1) is 18.5. The molecule has 4 heteroatoms. The van der Waals surface area contributed by atoms with Crippen molar-refractivity contribution in [2.24, 2.45) is 35.5 Å². The third kappa shape index (κ3) is 10.7. The molecule has 4 fully saturated rings. The van der Waals surface area contributed by atoms with Crippen molar-refractivity contribution in [2.75, 3.05) is 13.3 Å². The summed E-state index contributed by atoms with van der Waals surface area (Å²) in [4.78, 5) is 0. The van der Waals surface area contributed by atoms with Gasteiger partial charge in [-0.3, -0.25) is 0 Å². The summed E-state index contributed by atoms with van der Waals surface area (Å²) >= 11 is 0. The maximum Gasteiger partial charge on any atom is 0.0458 e. The molecule has 0 aromatic heterocycles. The van der Waals surface area contributed by atoms with E-state index < -0.39 is 0 Å². The molecule has 4 N–H and O–H groups in total. The number of hydrogen-bond acceptors (Lipinski definition) is 4. The lowest BCUT2D eigenvalue weighted by molar-refractivity contribution is 0.189. The molecule has 38 heavy (non-hydrogen) atoms. The van der Waals surface area contributed by atoms with Crippen LogP contribution in [0.4, 0.5) is 0 Å². The minimum absolute atomic E-state index is 0.731. The Labute approximate surface area is 238 Å². The van der Waals surface area contributed by atoms with Gasteiger partial charge in [-0.25, -0.2) is 0 Å². The molecule has 0 spiro atoms. The van der Waals surface area contributed by atoms with E-state index in [2.05, 4.69) is 49.0 Å². The SMILES string of the molecule is CC.CCC1CCC(NCNC2CCC(CC3CCC(NCNC4CCC(C)CC4C)CC3)CC2)C(C)C1. The van der Waals surface area contributed by atoms with Gasteiger partial charge < -0.3 is 21.3 Å². The topological polar surface area (TPSA) is 48.1 Å². The van der Waals surface area contributed by atoms with Gasteiger partial charge >= 0.3 is 0 Å². The predicted molar refractivity (Wildman–Crippen MR) is 166 cm³/mol. The second kappa shape index (κ2) is 17.6. The normalized spacial score (nSPS) is 40.3. The quantitative estimate of drug-likeness (QED) is 0.205. The summed E-state index contributed by atoms with van der Waals surface area (Å²) in [6.07, 6.45) is 22.7. The van der Waals surface area contributed by atoms with Gasteiger partial charge in [0.1, 0.15) is 0 Å². The van der Waals surface area contributed by atoms with Crippen LogP contribution in [0.15, 0.2) is 0 Å². The van der Waals surface area contributed by atoms with Crippen molar-refractivity contribution < 1.29 is 0 Å². The van der Waals surface area contributed by atoms with E-state index in [-0.39, 0.29) is 0 Å². The van der Waals surface area contributed by atoms with Crippen LogP contribution in [-0.4, -0.2) is 37.5 Å². The molecule has 0 aromatic carbocycles. The minimum atomic E-state index is 0.731. The smallest absolute Gasteiger partial charge is 0.0458 e. The molecule has 4 rings (SSSR count).